The molecule has 0 atom stereocenters. The second-order valence-corrected chi connectivity index (χ2v) is 7.77. The summed E-state index contributed by atoms with van der Waals surface area (Å²) < 4.78 is 0. The molecule has 1 saturated carbocycles. The number of fused-ring (bicyclic) bond motifs is 1. The minimum absolute atomic E-state index is 0.639. The van der Waals surface area contributed by atoms with Crippen molar-refractivity contribution in [2.45, 2.75) is 70.8 Å². The van der Waals surface area contributed by atoms with Gasteiger partial charge in [0.05, 0.1) is 0 Å². The minimum atomic E-state index is 0.639. The van der Waals surface area contributed by atoms with E-state index in [1.807, 2.05) is 0 Å². The third-order valence-corrected chi connectivity index (χ3v) is 5.93. The molecule has 25 heavy (non-hydrogen) atoms. The summed E-state index contributed by atoms with van der Waals surface area (Å²) in [4.78, 5) is 12.5. The third-order valence-electron chi connectivity index (χ3n) is 5.93. The maximum atomic E-state index is 5.08. The first-order valence-electron chi connectivity index (χ1n) is 9.92. The van der Waals surface area contributed by atoms with Crippen LogP contribution in [0.1, 0.15) is 61.8 Å². The Morgan fingerprint density at radius 2 is 1.60 bits per heavy atom. The predicted molar refractivity (Wildman–Crippen MR) is 104 cm³/mol. The first kappa shape index (κ1) is 16.6. The lowest BCUT2D eigenvalue weighted by Gasteiger charge is -2.34. The Balaban J connectivity index is 1.75. The van der Waals surface area contributed by atoms with Crippen molar-refractivity contribution in [3.63, 3.8) is 0 Å². The molecule has 1 aromatic heterocycles. The van der Waals surface area contributed by atoms with Crippen molar-refractivity contribution in [3.8, 4) is 11.4 Å². The summed E-state index contributed by atoms with van der Waals surface area (Å²) in [6.07, 6.45) is 11.5. The molecular formula is C22H29N3. The summed E-state index contributed by atoms with van der Waals surface area (Å²) in [6.45, 7) is 2.12. The molecule has 0 radical (unpaired) electrons. The first-order valence-corrected chi connectivity index (χ1v) is 9.92. The van der Waals surface area contributed by atoms with Gasteiger partial charge in [0.2, 0.25) is 0 Å². The fourth-order valence-corrected chi connectivity index (χ4v) is 4.34. The highest BCUT2D eigenvalue weighted by Crippen LogP contribution is 2.33. The smallest absolute Gasteiger partial charge is 0.161 e. The van der Waals surface area contributed by atoms with E-state index in [-0.39, 0.29) is 0 Å². The molecular weight excluding hydrogens is 306 g/mol. The van der Waals surface area contributed by atoms with Gasteiger partial charge in [-0.3, -0.25) is 0 Å². The van der Waals surface area contributed by atoms with Crippen LogP contribution >= 0.6 is 0 Å². The first-order chi connectivity index (χ1) is 12.2. The number of hydrogen-bond donors (Lipinski definition) is 0. The van der Waals surface area contributed by atoms with E-state index in [1.165, 1.54) is 67.6 Å². The number of hydrogen-bond acceptors (Lipinski definition) is 3. The summed E-state index contributed by atoms with van der Waals surface area (Å²) in [7, 11) is 2.26. The summed E-state index contributed by atoms with van der Waals surface area (Å²) in [6, 6.07) is 9.26. The van der Waals surface area contributed by atoms with Gasteiger partial charge in [0.1, 0.15) is 5.82 Å². The second-order valence-electron chi connectivity index (χ2n) is 7.77. The minimum Gasteiger partial charge on any atom is -0.356 e. The Kier molecular flexibility index (Phi) is 4.74. The molecule has 2 aliphatic rings. The summed E-state index contributed by atoms with van der Waals surface area (Å²) in [5.41, 5.74) is 5.11. The summed E-state index contributed by atoms with van der Waals surface area (Å²) in [5.74, 6) is 2.10. The van der Waals surface area contributed by atoms with Crippen molar-refractivity contribution in [2.24, 2.45) is 0 Å². The zero-order valence-electron chi connectivity index (χ0n) is 15.6. The Labute approximate surface area is 151 Å². The normalized spacial score (nSPS) is 18.0. The van der Waals surface area contributed by atoms with E-state index in [0.717, 1.165) is 24.2 Å². The SMILES string of the molecule is Cc1ccc(-c2nc3c(c(N(C)C4CCCCC4)n2)CCCC3)cc1. The van der Waals surface area contributed by atoms with E-state index in [9.17, 15) is 0 Å². The van der Waals surface area contributed by atoms with Gasteiger partial charge in [-0.15, -0.1) is 0 Å². The Bertz CT molecular complexity index is 730. The highest BCUT2D eigenvalue weighted by Gasteiger charge is 2.25. The molecule has 3 nitrogen and oxygen atoms in total. The standard InChI is InChI=1S/C22H29N3/c1-16-12-14-17(15-13-16)21-23-20-11-7-6-10-19(20)22(24-21)25(2)18-8-4-3-5-9-18/h12-15,18H,3-11H2,1-2H3. The molecule has 0 aliphatic heterocycles. The molecule has 0 saturated heterocycles. The molecule has 0 bridgehead atoms. The van der Waals surface area contributed by atoms with Gasteiger partial charge in [-0.05, 0) is 45.4 Å². The number of rotatable bonds is 3. The lowest BCUT2D eigenvalue weighted by atomic mass is 9.92. The van der Waals surface area contributed by atoms with Gasteiger partial charge in [-0.1, -0.05) is 49.1 Å². The van der Waals surface area contributed by atoms with Crippen LogP contribution in [0.15, 0.2) is 24.3 Å². The Hall–Kier alpha value is -1.90. The van der Waals surface area contributed by atoms with Gasteiger partial charge in [-0.2, -0.15) is 0 Å². The van der Waals surface area contributed by atoms with Crippen LogP contribution in [0.25, 0.3) is 11.4 Å². The van der Waals surface area contributed by atoms with Gasteiger partial charge in [0, 0.05) is 29.9 Å². The zero-order chi connectivity index (χ0) is 17.2. The molecule has 4 rings (SSSR count). The van der Waals surface area contributed by atoms with Crippen molar-refractivity contribution < 1.29 is 0 Å². The van der Waals surface area contributed by atoms with Crippen molar-refractivity contribution in [1.82, 2.24) is 9.97 Å². The summed E-state index contributed by atoms with van der Waals surface area (Å²) >= 11 is 0. The number of aromatic nitrogens is 2. The second kappa shape index (κ2) is 7.15. The van der Waals surface area contributed by atoms with E-state index in [1.54, 1.807) is 0 Å². The van der Waals surface area contributed by atoms with Crippen molar-refractivity contribution in [1.29, 1.82) is 0 Å². The van der Waals surface area contributed by atoms with E-state index in [2.05, 4.69) is 43.1 Å². The van der Waals surface area contributed by atoms with Gasteiger partial charge < -0.3 is 4.90 Å². The lowest BCUT2D eigenvalue weighted by molar-refractivity contribution is 0.425. The van der Waals surface area contributed by atoms with Crippen LogP contribution in [0, 0.1) is 6.92 Å². The van der Waals surface area contributed by atoms with Crippen LogP contribution in [-0.2, 0) is 12.8 Å². The molecule has 3 heteroatoms. The Morgan fingerprint density at radius 3 is 2.36 bits per heavy atom. The average Bonchev–Trinajstić information content (AvgIpc) is 2.68. The van der Waals surface area contributed by atoms with Gasteiger partial charge in [0.15, 0.2) is 5.82 Å². The molecule has 0 unspecified atom stereocenters. The van der Waals surface area contributed by atoms with Crippen LogP contribution in [0.2, 0.25) is 0 Å². The molecule has 132 valence electrons. The van der Waals surface area contributed by atoms with Crippen LogP contribution in [0.3, 0.4) is 0 Å². The van der Waals surface area contributed by atoms with E-state index in [0.29, 0.717) is 6.04 Å². The van der Waals surface area contributed by atoms with Crippen LogP contribution in [0.4, 0.5) is 5.82 Å². The van der Waals surface area contributed by atoms with Crippen LogP contribution < -0.4 is 4.90 Å². The quantitative estimate of drug-likeness (QED) is 0.781. The monoisotopic (exact) mass is 335 g/mol. The number of benzene rings is 1. The third kappa shape index (κ3) is 3.42. The zero-order valence-corrected chi connectivity index (χ0v) is 15.6. The molecule has 0 spiro atoms. The summed E-state index contributed by atoms with van der Waals surface area (Å²) in [5, 5.41) is 0. The highest BCUT2D eigenvalue weighted by molar-refractivity contribution is 5.61. The van der Waals surface area contributed by atoms with E-state index < -0.39 is 0 Å². The largest absolute Gasteiger partial charge is 0.356 e. The predicted octanol–water partition coefficient (Wildman–Crippen LogP) is 5.10. The molecule has 0 amide bonds. The molecule has 0 N–H and O–H groups in total. The maximum Gasteiger partial charge on any atom is 0.161 e. The van der Waals surface area contributed by atoms with Crippen molar-refractivity contribution in [3.05, 3.63) is 41.1 Å². The maximum absolute atomic E-state index is 5.08. The number of anilines is 1. The van der Waals surface area contributed by atoms with Crippen molar-refractivity contribution in [2.75, 3.05) is 11.9 Å². The number of aryl methyl sites for hydroxylation is 2. The molecule has 2 aromatic rings. The van der Waals surface area contributed by atoms with E-state index >= 15 is 0 Å². The van der Waals surface area contributed by atoms with Gasteiger partial charge in [0.25, 0.3) is 0 Å². The van der Waals surface area contributed by atoms with Gasteiger partial charge >= 0.3 is 0 Å². The average molecular weight is 335 g/mol. The molecule has 1 heterocycles. The fourth-order valence-electron chi connectivity index (χ4n) is 4.34. The molecule has 1 aromatic carbocycles. The fraction of sp³-hybridized carbons (Fsp3) is 0.545. The van der Waals surface area contributed by atoms with Crippen LogP contribution in [-0.4, -0.2) is 23.1 Å². The molecule has 2 aliphatic carbocycles. The van der Waals surface area contributed by atoms with Crippen molar-refractivity contribution >= 4 is 5.82 Å². The lowest BCUT2D eigenvalue weighted by Crippen LogP contribution is -2.35. The Morgan fingerprint density at radius 1 is 0.880 bits per heavy atom. The molecule has 1 fully saturated rings. The van der Waals surface area contributed by atoms with Gasteiger partial charge in [-0.25, -0.2) is 9.97 Å². The number of nitrogens with zero attached hydrogens (tertiary/aromatic N) is 3. The van der Waals surface area contributed by atoms with Crippen LogP contribution in [0.5, 0.6) is 0 Å². The topological polar surface area (TPSA) is 29.0 Å². The highest BCUT2D eigenvalue weighted by atomic mass is 15.2. The van der Waals surface area contributed by atoms with E-state index in [4.69, 9.17) is 9.97 Å².